The number of methoxy groups -OCH3 is 1. The summed E-state index contributed by atoms with van der Waals surface area (Å²) in [5.41, 5.74) is 0. The van der Waals surface area contributed by atoms with Gasteiger partial charge in [-0.3, -0.25) is 0 Å². The van der Waals surface area contributed by atoms with Gasteiger partial charge in [0.2, 0.25) is 0 Å². The Labute approximate surface area is 110 Å². The fourth-order valence-electron chi connectivity index (χ4n) is 1.28. The Balaban J connectivity index is 2.36. The quantitative estimate of drug-likeness (QED) is 0.554. The third-order valence-electron chi connectivity index (χ3n) is 2.17. The Morgan fingerprint density at radius 2 is 2.06 bits per heavy atom. The molecule has 1 aromatic carbocycles. The van der Waals surface area contributed by atoms with Gasteiger partial charge in [0.1, 0.15) is 11.5 Å². The largest absolute Gasteiger partial charge is 0.497 e. The highest BCUT2D eigenvalue weighted by Crippen LogP contribution is 2.29. The molecule has 0 aliphatic heterocycles. The van der Waals surface area contributed by atoms with E-state index >= 15 is 0 Å². The molecular formula is C12H16BrClO2. The summed E-state index contributed by atoms with van der Waals surface area (Å²) in [6.45, 7) is 0.724. The maximum Gasteiger partial charge on any atom is 0.133 e. The van der Waals surface area contributed by atoms with Crippen molar-refractivity contribution in [3.8, 4) is 11.5 Å². The molecule has 0 spiro atoms. The first kappa shape index (κ1) is 13.7. The maximum absolute atomic E-state index is 5.64. The molecule has 0 aromatic heterocycles. The van der Waals surface area contributed by atoms with E-state index in [0.29, 0.717) is 0 Å². The van der Waals surface area contributed by atoms with Crippen LogP contribution in [0.5, 0.6) is 11.5 Å². The van der Waals surface area contributed by atoms with Gasteiger partial charge < -0.3 is 9.47 Å². The first-order chi connectivity index (χ1) is 7.77. The average molecular weight is 308 g/mol. The second kappa shape index (κ2) is 7.80. The second-order valence-corrected chi connectivity index (χ2v) is 4.63. The molecule has 4 heteroatoms. The minimum Gasteiger partial charge on any atom is -0.497 e. The normalized spacial score (nSPS) is 10.2. The third kappa shape index (κ3) is 4.62. The molecule has 0 radical (unpaired) electrons. The van der Waals surface area contributed by atoms with Crippen LogP contribution in [-0.4, -0.2) is 19.6 Å². The van der Waals surface area contributed by atoms with Gasteiger partial charge in [-0.05, 0) is 53.4 Å². The Hall–Kier alpha value is -0.410. The van der Waals surface area contributed by atoms with Crippen molar-refractivity contribution in [2.75, 3.05) is 19.6 Å². The summed E-state index contributed by atoms with van der Waals surface area (Å²) in [4.78, 5) is 0. The van der Waals surface area contributed by atoms with Crippen molar-refractivity contribution in [3.63, 3.8) is 0 Å². The van der Waals surface area contributed by atoms with Crippen molar-refractivity contribution in [1.82, 2.24) is 0 Å². The zero-order chi connectivity index (χ0) is 11.8. The van der Waals surface area contributed by atoms with Crippen molar-refractivity contribution in [1.29, 1.82) is 0 Å². The molecule has 0 amide bonds. The van der Waals surface area contributed by atoms with Gasteiger partial charge in [-0.2, -0.15) is 0 Å². The lowest BCUT2D eigenvalue weighted by Crippen LogP contribution is -1.98. The molecule has 0 aliphatic rings. The Morgan fingerprint density at radius 3 is 2.69 bits per heavy atom. The van der Waals surface area contributed by atoms with Crippen LogP contribution in [0.25, 0.3) is 0 Å². The summed E-state index contributed by atoms with van der Waals surface area (Å²) < 4.78 is 11.7. The van der Waals surface area contributed by atoms with Crippen LogP contribution < -0.4 is 9.47 Å². The van der Waals surface area contributed by atoms with E-state index < -0.39 is 0 Å². The van der Waals surface area contributed by atoms with E-state index in [1.165, 1.54) is 0 Å². The van der Waals surface area contributed by atoms with E-state index in [1.54, 1.807) is 7.11 Å². The van der Waals surface area contributed by atoms with E-state index in [2.05, 4.69) is 15.9 Å². The molecule has 0 saturated heterocycles. The van der Waals surface area contributed by atoms with Crippen LogP contribution in [0.15, 0.2) is 22.7 Å². The lowest BCUT2D eigenvalue weighted by atomic mass is 10.2. The molecule has 16 heavy (non-hydrogen) atoms. The fraction of sp³-hybridized carbons (Fsp3) is 0.500. The summed E-state index contributed by atoms with van der Waals surface area (Å²) in [6, 6.07) is 5.69. The fourth-order valence-corrected chi connectivity index (χ4v) is 1.94. The minimum absolute atomic E-state index is 0.724. The van der Waals surface area contributed by atoms with Crippen LogP contribution >= 0.6 is 27.5 Å². The first-order valence-electron chi connectivity index (χ1n) is 5.30. The van der Waals surface area contributed by atoms with Crippen LogP contribution in [-0.2, 0) is 0 Å². The van der Waals surface area contributed by atoms with Crippen molar-refractivity contribution >= 4 is 27.5 Å². The van der Waals surface area contributed by atoms with Gasteiger partial charge in [-0.1, -0.05) is 0 Å². The predicted octanol–water partition coefficient (Wildman–Crippen LogP) is 4.25. The summed E-state index contributed by atoms with van der Waals surface area (Å²) in [5, 5.41) is 0. The molecule has 0 bridgehead atoms. The number of alkyl halides is 1. The second-order valence-electron chi connectivity index (χ2n) is 3.39. The molecule has 1 rings (SSSR count). The van der Waals surface area contributed by atoms with Crippen molar-refractivity contribution in [2.24, 2.45) is 0 Å². The average Bonchev–Trinajstić information content (AvgIpc) is 2.30. The Bertz CT molecular complexity index is 318. The lowest BCUT2D eigenvalue weighted by molar-refractivity contribution is 0.304. The maximum atomic E-state index is 5.64. The molecular weight excluding hydrogens is 291 g/mol. The molecule has 0 heterocycles. The van der Waals surface area contributed by atoms with Gasteiger partial charge >= 0.3 is 0 Å². The van der Waals surface area contributed by atoms with Gasteiger partial charge in [-0.15, -0.1) is 11.6 Å². The smallest absolute Gasteiger partial charge is 0.133 e. The number of halogens is 2. The number of hydrogen-bond donors (Lipinski definition) is 0. The van der Waals surface area contributed by atoms with Crippen molar-refractivity contribution in [3.05, 3.63) is 22.7 Å². The standard InChI is InChI=1S/C12H16BrClO2/c1-15-10-5-6-12(11(13)9-10)16-8-4-2-3-7-14/h5-6,9H,2-4,7-8H2,1H3. The molecule has 0 fully saturated rings. The SMILES string of the molecule is COc1ccc(OCCCCCCl)c(Br)c1. The summed E-state index contributed by atoms with van der Waals surface area (Å²) in [7, 11) is 1.65. The Morgan fingerprint density at radius 1 is 1.25 bits per heavy atom. The van der Waals surface area contributed by atoms with Crippen molar-refractivity contribution < 1.29 is 9.47 Å². The van der Waals surface area contributed by atoms with E-state index in [4.69, 9.17) is 21.1 Å². The summed E-state index contributed by atoms with van der Waals surface area (Å²) >= 11 is 9.04. The van der Waals surface area contributed by atoms with Gasteiger partial charge in [-0.25, -0.2) is 0 Å². The zero-order valence-electron chi connectivity index (χ0n) is 9.34. The molecule has 1 aromatic rings. The number of rotatable bonds is 7. The first-order valence-corrected chi connectivity index (χ1v) is 6.63. The van der Waals surface area contributed by atoms with Crippen LogP contribution in [0.1, 0.15) is 19.3 Å². The number of benzene rings is 1. The third-order valence-corrected chi connectivity index (χ3v) is 3.06. The zero-order valence-corrected chi connectivity index (χ0v) is 11.7. The van der Waals surface area contributed by atoms with Crippen LogP contribution in [0, 0.1) is 0 Å². The number of ether oxygens (including phenoxy) is 2. The molecule has 0 aliphatic carbocycles. The van der Waals surface area contributed by atoms with Crippen LogP contribution in [0.4, 0.5) is 0 Å². The molecule has 0 atom stereocenters. The Kier molecular flexibility index (Phi) is 6.65. The highest BCUT2D eigenvalue weighted by molar-refractivity contribution is 9.10. The predicted molar refractivity (Wildman–Crippen MR) is 70.8 cm³/mol. The molecule has 0 unspecified atom stereocenters. The van der Waals surface area contributed by atoms with Crippen LogP contribution in [0.2, 0.25) is 0 Å². The van der Waals surface area contributed by atoms with Gasteiger partial charge in [0.15, 0.2) is 0 Å². The van der Waals surface area contributed by atoms with E-state index in [-0.39, 0.29) is 0 Å². The number of hydrogen-bond acceptors (Lipinski definition) is 2. The highest BCUT2D eigenvalue weighted by atomic mass is 79.9. The molecule has 90 valence electrons. The summed E-state index contributed by atoms with van der Waals surface area (Å²) in [6.07, 6.45) is 3.19. The summed E-state index contributed by atoms with van der Waals surface area (Å²) in [5.74, 6) is 2.40. The molecule has 0 saturated carbocycles. The van der Waals surface area contributed by atoms with E-state index in [0.717, 1.165) is 47.7 Å². The van der Waals surface area contributed by atoms with Crippen LogP contribution in [0.3, 0.4) is 0 Å². The molecule has 0 N–H and O–H groups in total. The van der Waals surface area contributed by atoms with Crippen molar-refractivity contribution in [2.45, 2.75) is 19.3 Å². The van der Waals surface area contributed by atoms with E-state index in [1.807, 2.05) is 18.2 Å². The topological polar surface area (TPSA) is 18.5 Å². The molecule has 2 nitrogen and oxygen atoms in total. The van der Waals surface area contributed by atoms with Gasteiger partial charge in [0, 0.05) is 5.88 Å². The monoisotopic (exact) mass is 306 g/mol. The lowest BCUT2D eigenvalue weighted by Gasteiger charge is -2.09. The van der Waals surface area contributed by atoms with E-state index in [9.17, 15) is 0 Å². The highest BCUT2D eigenvalue weighted by Gasteiger charge is 2.02. The number of unbranched alkanes of at least 4 members (excludes halogenated alkanes) is 2. The van der Waals surface area contributed by atoms with Gasteiger partial charge in [0.25, 0.3) is 0 Å². The van der Waals surface area contributed by atoms with Gasteiger partial charge in [0.05, 0.1) is 18.2 Å². The minimum atomic E-state index is 0.724.